The average molecular weight is 424 g/mol. The Morgan fingerprint density at radius 3 is 2.52 bits per heavy atom. The summed E-state index contributed by atoms with van der Waals surface area (Å²) >= 11 is 3.31. The number of aromatic nitrogens is 5. The molecule has 2 saturated heterocycles. The van der Waals surface area contributed by atoms with E-state index in [9.17, 15) is 0 Å². The minimum absolute atomic E-state index is 0.575. The number of nitrogens with zero attached hydrogens (tertiary/aromatic N) is 5. The number of hydrogen-bond donors (Lipinski definition) is 2. The number of piperidine rings is 1. The van der Waals surface area contributed by atoms with Gasteiger partial charge in [0.05, 0.1) is 11.9 Å². The van der Waals surface area contributed by atoms with Crippen LogP contribution in [0.1, 0.15) is 25.7 Å². The van der Waals surface area contributed by atoms with Crippen molar-refractivity contribution >= 4 is 37.5 Å². The molecule has 6 rings (SSSR count). The first-order valence-electron chi connectivity index (χ1n) is 9.95. The maximum Gasteiger partial charge on any atom is 0.188 e. The van der Waals surface area contributed by atoms with E-state index in [1.807, 2.05) is 18.5 Å². The third-order valence-electron chi connectivity index (χ3n) is 6.08. The molecule has 0 amide bonds. The summed E-state index contributed by atoms with van der Waals surface area (Å²) in [4.78, 5) is 18.7. The number of thiazole rings is 2. The lowest BCUT2D eigenvalue weighted by molar-refractivity contribution is 0.354. The number of nitrogens with one attached hydrogen (secondary N) is 2. The van der Waals surface area contributed by atoms with Crippen LogP contribution in [0.3, 0.4) is 0 Å². The molecule has 3 atom stereocenters. The number of pyridine rings is 1. The highest BCUT2D eigenvalue weighted by Gasteiger charge is 2.36. The first kappa shape index (κ1) is 17.5. The van der Waals surface area contributed by atoms with E-state index in [0.717, 1.165) is 36.6 Å². The Balaban J connectivity index is 1.23. The number of fused-ring (bicyclic) bond motifs is 3. The van der Waals surface area contributed by atoms with Crippen molar-refractivity contribution in [2.45, 2.75) is 43.8 Å². The van der Waals surface area contributed by atoms with Crippen LogP contribution >= 0.6 is 22.7 Å². The molecule has 0 aromatic carbocycles. The quantitative estimate of drug-likeness (QED) is 0.518. The van der Waals surface area contributed by atoms with Gasteiger partial charge in [-0.3, -0.25) is 10.1 Å². The van der Waals surface area contributed by atoms with Crippen molar-refractivity contribution in [2.75, 3.05) is 11.9 Å². The second-order valence-corrected chi connectivity index (χ2v) is 9.85. The van der Waals surface area contributed by atoms with Gasteiger partial charge in [-0.15, -0.1) is 0 Å². The number of hydrogen-bond acceptors (Lipinski definition) is 8. The van der Waals surface area contributed by atoms with Crippen molar-refractivity contribution in [2.24, 2.45) is 0 Å². The summed E-state index contributed by atoms with van der Waals surface area (Å²) in [6, 6.07) is 6.01. The molecule has 148 valence electrons. The molecular formula is C20H21N7S2. The lowest BCUT2D eigenvalue weighted by atomic mass is 9.99. The van der Waals surface area contributed by atoms with Crippen LogP contribution in [0.5, 0.6) is 0 Å². The summed E-state index contributed by atoms with van der Waals surface area (Å²) < 4.78 is 0. The highest BCUT2D eigenvalue weighted by Crippen LogP contribution is 2.38. The van der Waals surface area contributed by atoms with Crippen LogP contribution in [-0.2, 0) is 0 Å². The van der Waals surface area contributed by atoms with Crippen LogP contribution in [-0.4, -0.2) is 50.3 Å². The Bertz CT molecular complexity index is 1090. The van der Waals surface area contributed by atoms with E-state index in [2.05, 4.69) is 38.5 Å². The molecule has 4 aromatic rings. The highest BCUT2D eigenvalue weighted by atomic mass is 32.1. The molecule has 7 nitrogen and oxygen atoms in total. The molecule has 29 heavy (non-hydrogen) atoms. The van der Waals surface area contributed by atoms with Gasteiger partial charge in [-0.05, 0) is 31.7 Å². The molecule has 2 fully saturated rings. The minimum Gasteiger partial charge on any atom is -0.348 e. The topological polar surface area (TPSA) is 82.6 Å². The molecule has 1 unspecified atom stereocenters. The Morgan fingerprint density at radius 1 is 1.00 bits per heavy atom. The molecule has 0 radical (unpaired) electrons. The molecule has 0 aliphatic carbocycles. The molecule has 2 bridgehead atoms. The third kappa shape index (κ3) is 3.13. The minimum atomic E-state index is 0.575. The Labute approximate surface area is 176 Å². The third-order valence-corrected chi connectivity index (χ3v) is 8.22. The fourth-order valence-corrected chi connectivity index (χ4v) is 6.54. The van der Waals surface area contributed by atoms with Gasteiger partial charge in [-0.25, -0.2) is 9.97 Å². The van der Waals surface area contributed by atoms with E-state index in [-0.39, 0.29) is 0 Å². The van der Waals surface area contributed by atoms with Gasteiger partial charge < -0.3 is 10.2 Å². The summed E-state index contributed by atoms with van der Waals surface area (Å²) in [7, 11) is 2.19. The van der Waals surface area contributed by atoms with Gasteiger partial charge in [0.25, 0.3) is 0 Å². The van der Waals surface area contributed by atoms with E-state index >= 15 is 0 Å². The molecular weight excluding hydrogens is 402 g/mol. The number of anilines is 1. The largest absolute Gasteiger partial charge is 0.348 e. The van der Waals surface area contributed by atoms with Gasteiger partial charge >= 0.3 is 0 Å². The predicted molar refractivity (Wildman–Crippen MR) is 117 cm³/mol. The maximum atomic E-state index is 4.90. The van der Waals surface area contributed by atoms with Crippen LogP contribution in [0.4, 0.5) is 5.13 Å². The molecule has 6 heterocycles. The van der Waals surface area contributed by atoms with Crippen LogP contribution in [0, 0.1) is 0 Å². The van der Waals surface area contributed by atoms with Crippen LogP contribution in [0.25, 0.3) is 31.5 Å². The van der Waals surface area contributed by atoms with Crippen molar-refractivity contribution in [3.05, 3.63) is 30.7 Å². The maximum absolute atomic E-state index is 4.90. The summed E-state index contributed by atoms with van der Waals surface area (Å²) in [5.41, 5.74) is 2.96. The predicted octanol–water partition coefficient (Wildman–Crippen LogP) is 3.92. The Morgan fingerprint density at radius 2 is 1.83 bits per heavy atom. The first-order chi connectivity index (χ1) is 14.2. The fraction of sp³-hybridized carbons (Fsp3) is 0.400. The van der Waals surface area contributed by atoms with Crippen molar-refractivity contribution < 1.29 is 0 Å². The van der Waals surface area contributed by atoms with Crippen LogP contribution in [0.2, 0.25) is 0 Å². The molecule has 4 aromatic heterocycles. The molecule has 0 saturated carbocycles. The lowest BCUT2D eigenvalue weighted by Crippen LogP contribution is -2.47. The fourth-order valence-electron chi connectivity index (χ4n) is 4.49. The second-order valence-electron chi connectivity index (χ2n) is 7.92. The smallest absolute Gasteiger partial charge is 0.188 e. The van der Waals surface area contributed by atoms with Gasteiger partial charge in [0, 0.05) is 48.7 Å². The van der Waals surface area contributed by atoms with Gasteiger partial charge in [0.2, 0.25) is 0 Å². The van der Waals surface area contributed by atoms with Crippen molar-refractivity contribution in [3.8, 4) is 21.8 Å². The normalized spacial score (nSPS) is 23.7. The van der Waals surface area contributed by atoms with E-state index in [1.54, 1.807) is 28.9 Å². The standard InChI is InChI=1S/C20H21N7S2/c1-27(15-6-13-3-4-14(7-15)24-13)20-26-19-18(29-20)25-17(28-19)16-5-2-11(8-21-16)12-9-22-23-10-12/h2,5,8-10,13-15,24H,3-4,6-7H2,1H3,(H,22,23)/t13-,14+,15?. The molecule has 0 spiro atoms. The van der Waals surface area contributed by atoms with E-state index in [1.165, 1.54) is 25.7 Å². The molecule has 9 heteroatoms. The second kappa shape index (κ2) is 6.86. The number of rotatable bonds is 4. The Kier molecular flexibility index (Phi) is 4.14. The highest BCUT2D eigenvalue weighted by molar-refractivity contribution is 7.29. The molecule has 2 aliphatic rings. The van der Waals surface area contributed by atoms with Gasteiger partial charge in [-0.2, -0.15) is 5.10 Å². The summed E-state index contributed by atoms with van der Waals surface area (Å²) in [5, 5.41) is 12.6. The van der Waals surface area contributed by atoms with Crippen molar-refractivity contribution in [1.29, 1.82) is 0 Å². The van der Waals surface area contributed by atoms with Crippen molar-refractivity contribution in [1.82, 2.24) is 30.5 Å². The van der Waals surface area contributed by atoms with Gasteiger partial charge in [-0.1, -0.05) is 28.7 Å². The Hall–Kier alpha value is -2.36. The van der Waals surface area contributed by atoms with E-state index in [0.29, 0.717) is 18.1 Å². The zero-order valence-electron chi connectivity index (χ0n) is 16.0. The van der Waals surface area contributed by atoms with E-state index in [4.69, 9.17) is 9.97 Å². The number of H-pyrrole nitrogens is 1. The summed E-state index contributed by atoms with van der Waals surface area (Å²) in [6.45, 7) is 0. The van der Waals surface area contributed by atoms with E-state index < -0.39 is 0 Å². The van der Waals surface area contributed by atoms with Crippen molar-refractivity contribution in [3.63, 3.8) is 0 Å². The van der Waals surface area contributed by atoms with Crippen LogP contribution < -0.4 is 10.2 Å². The summed E-state index contributed by atoms with van der Waals surface area (Å²) in [5.74, 6) is 0. The van der Waals surface area contributed by atoms with Gasteiger partial charge in [0.1, 0.15) is 5.01 Å². The number of aromatic amines is 1. The zero-order chi connectivity index (χ0) is 19.4. The van der Waals surface area contributed by atoms with Crippen LogP contribution in [0.15, 0.2) is 30.7 Å². The summed E-state index contributed by atoms with van der Waals surface area (Å²) in [6.07, 6.45) is 10.6. The SMILES string of the molecule is CN(c1nc2sc(-c3ccc(-c4cn[nH]c4)cn3)nc2s1)C1C[C@H]2CC[C@@H](C1)N2. The average Bonchev–Trinajstić information content (AvgIpc) is 3.51. The molecule has 2 N–H and O–H groups in total. The monoisotopic (exact) mass is 423 g/mol. The first-order valence-corrected chi connectivity index (χ1v) is 11.6. The molecule has 2 aliphatic heterocycles. The lowest BCUT2D eigenvalue weighted by Gasteiger charge is -2.35. The van der Waals surface area contributed by atoms with Gasteiger partial charge in [0.15, 0.2) is 14.8 Å². The zero-order valence-corrected chi connectivity index (χ0v) is 17.6.